The van der Waals surface area contributed by atoms with Crippen molar-refractivity contribution in [1.82, 2.24) is 19.5 Å². The largest absolute Gasteiger partial charge is 0.455 e. The molecule has 1 aliphatic rings. The molecule has 5 heteroatoms. The highest BCUT2D eigenvalue weighted by Gasteiger charge is 2.36. The molecule has 0 amide bonds. The lowest BCUT2D eigenvalue weighted by Crippen LogP contribution is -2.14. The molecular weight excluding hydrogens is 721 g/mol. The van der Waals surface area contributed by atoms with Crippen LogP contribution in [0.15, 0.2) is 186 Å². The zero-order chi connectivity index (χ0) is 39.2. The summed E-state index contributed by atoms with van der Waals surface area (Å²) in [6.45, 7) is 4.70. The molecule has 1 aliphatic carbocycles. The van der Waals surface area contributed by atoms with Crippen LogP contribution in [0.25, 0.3) is 106 Å². The summed E-state index contributed by atoms with van der Waals surface area (Å²) in [6, 6.07) is 64.2. The molecule has 11 aromatic rings. The summed E-state index contributed by atoms with van der Waals surface area (Å²) in [5, 5.41) is 4.56. The number of aromatic nitrogens is 4. The predicted molar refractivity (Wildman–Crippen MR) is 241 cm³/mol. The monoisotopic (exact) mass is 756 g/mol. The molecule has 0 N–H and O–H groups in total. The van der Waals surface area contributed by atoms with Gasteiger partial charge in [0.15, 0.2) is 17.5 Å². The van der Waals surface area contributed by atoms with Crippen LogP contribution in [0.3, 0.4) is 0 Å². The molecule has 59 heavy (non-hydrogen) atoms. The first-order valence-corrected chi connectivity index (χ1v) is 20.1. The van der Waals surface area contributed by atoms with E-state index in [1.165, 1.54) is 44.1 Å². The first kappa shape index (κ1) is 33.5. The Morgan fingerprint density at radius 3 is 1.73 bits per heavy atom. The van der Waals surface area contributed by atoms with E-state index in [1.54, 1.807) is 0 Å². The summed E-state index contributed by atoms with van der Waals surface area (Å²) in [6.07, 6.45) is 0. The number of hydrogen-bond donors (Lipinski definition) is 0. The molecule has 5 nitrogen and oxygen atoms in total. The quantitative estimate of drug-likeness (QED) is 0.175. The predicted octanol–water partition coefficient (Wildman–Crippen LogP) is 13.8. The molecular formula is C54H36N4O. The SMILES string of the molecule is CC1(C)c2ccccc2-c2cc3c4ccccc4n(-c4cc(-c5ccccc5)c5oc6cc(-c7nc(-c8ccccc8)nc(-c8ccccc8)n7)ccc6c5c4)c3cc21. The number of fused-ring (bicyclic) bond motifs is 9. The van der Waals surface area contributed by atoms with Crippen molar-refractivity contribution in [2.75, 3.05) is 0 Å². The van der Waals surface area contributed by atoms with Crippen LogP contribution in [0.4, 0.5) is 0 Å². The van der Waals surface area contributed by atoms with E-state index >= 15 is 0 Å². The van der Waals surface area contributed by atoms with Gasteiger partial charge in [-0.1, -0.05) is 153 Å². The molecule has 0 fully saturated rings. The van der Waals surface area contributed by atoms with Gasteiger partial charge in [0.2, 0.25) is 0 Å². The van der Waals surface area contributed by atoms with Crippen molar-refractivity contribution in [2.45, 2.75) is 19.3 Å². The molecule has 0 aliphatic heterocycles. The van der Waals surface area contributed by atoms with Gasteiger partial charge in [0.05, 0.1) is 11.0 Å². The van der Waals surface area contributed by atoms with E-state index in [0.717, 1.165) is 55.4 Å². The zero-order valence-electron chi connectivity index (χ0n) is 32.5. The van der Waals surface area contributed by atoms with Gasteiger partial charge >= 0.3 is 0 Å². The topological polar surface area (TPSA) is 56.7 Å². The first-order valence-electron chi connectivity index (χ1n) is 20.1. The maximum atomic E-state index is 6.92. The van der Waals surface area contributed by atoms with Gasteiger partial charge in [-0.2, -0.15) is 0 Å². The maximum Gasteiger partial charge on any atom is 0.164 e. The van der Waals surface area contributed by atoms with Crippen LogP contribution in [0.5, 0.6) is 0 Å². The molecule has 0 saturated carbocycles. The van der Waals surface area contributed by atoms with Gasteiger partial charge in [0.25, 0.3) is 0 Å². The van der Waals surface area contributed by atoms with Crippen LogP contribution in [-0.2, 0) is 5.41 Å². The van der Waals surface area contributed by atoms with Crippen molar-refractivity contribution in [3.8, 4) is 62.1 Å². The fourth-order valence-corrected chi connectivity index (χ4v) is 9.34. The van der Waals surface area contributed by atoms with E-state index in [9.17, 15) is 0 Å². The Hall–Kier alpha value is -7.63. The highest BCUT2D eigenvalue weighted by molar-refractivity contribution is 6.14. The van der Waals surface area contributed by atoms with Gasteiger partial charge in [-0.3, -0.25) is 0 Å². The Morgan fingerprint density at radius 1 is 0.407 bits per heavy atom. The summed E-state index contributed by atoms with van der Waals surface area (Å²) < 4.78 is 9.37. The van der Waals surface area contributed by atoms with Gasteiger partial charge in [0, 0.05) is 54.9 Å². The Kier molecular flexibility index (Phi) is 7.20. The average molecular weight is 757 g/mol. The number of hydrogen-bond acceptors (Lipinski definition) is 4. The summed E-state index contributed by atoms with van der Waals surface area (Å²) in [7, 11) is 0. The van der Waals surface area contributed by atoms with Crippen molar-refractivity contribution in [3.63, 3.8) is 0 Å². The lowest BCUT2D eigenvalue weighted by Gasteiger charge is -2.21. The molecule has 12 rings (SSSR count). The third-order valence-electron chi connectivity index (χ3n) is 12.2. The summed E-state index contributed by atoms with van der Waals surface area (Å²) in [5.41, 5.74) is 15.2. The van der Waals surface area contributed by atoms with Crippen molar-refractivity contribution < 1.29 is 4.42 Å². The molecule has 278 valence electrons. The van der Waals surface area contributed by atoms with Crippen molar-refractivity contribution >= 4 is 43.7 Å². The minimum absolute atomic E-state index is 0.124. The van der Waals surface area contributed by atoms with E-state index in [4.69, 9.17) is 19.4 Å². The normalized spacial score (nSPS) is 13.1. The third kappa shape index (κ3) is 5.14. The lowest BCUT2D eigenvalue weighted by atomic mass is 9.82. The second-order valence-electron chi connectivity index (χ2n) is 16.0. The number of rotatable bonds is 5. The van der Waals surface area contributed by atoms with Crippen LogP contribution in [-0.4, -0.2) is 19.5 Å². The lowest BCUT2D eigenvalue weighted by molar-refractivity contribution is 0.661. The molecule has 8 aromatic carbocycles. The fourth-order valence-electron chi connectivity index (χ4n) is 9.34. The van der Waals surface area contributed by atoms with Crippen LogP contribution in [0.2, 0.25) is 0 Å². The summed E-state index contributed by atoms with van der Waals surface area (Å²) in [5.74, 6) is 1.84. The molecule has 0 unspecified atom stereocenters. The minimum Gasteiger partial charge on any atom is -0.455 e. The standard InChI is InChI=1S/C54H36N4O/c1-54(2)45-24-14-12-22-38(45)42-31-43-39-23-13-15-25-47(39)58(48(43)32-46(42)54)37-29-41(33-16-6-3-7-17-33)50-44(30-37)40-27-26-36(28-49(40)59-50)53-56-51(34-18-8-4-9-19-34)55-52(57-53)35-20-10-5-11-21-35/h3-32H,1-2H3. The Labute approximate surface area is 340 Å². The van der Waals surface area contributed by atoms with Crippen molar-refractivity contribution in [3.05, 3.63) is 193 Å². The fraction of sp³-hybridized carbons (Fsp3) is 0.0556. The van der Waals surface area contributed by atoms with Gasteiger partial charge < -0.3 is 8.98 Å². The minimum atomic E-state index is -0.124. The molecule has 3 heterocycles. The molecule has 0 atom stereocenters. The van der Waals surface area contributed by atoms with E-state index < -0.39 is 0 Å². The first-order chi connectivity index (χ1) is 29.0. The summed E-state index contributed by atoms with van der Waals surface area (Å²) in [4.78, 5) is 14.9. The Bertz CT molecular complexity index is 3400. The second-order valence-corrected chi connectivity index (χ2v) is 16.0. The highest BCUT2D eigenvalue weighted by atomic mass is 16.3. The molecule has 0 bridgehead atoms. The van der Waals surface area contributed by atoms with E-state index in [2.05, 4.69) is 140 Å². The van der Waals surface area contributed by atoms with E-state index in [1.807, 2.05) is 60.7 Å². The maximum absolute atomic E-state index is 6.92. The number of furan rings is 1. The van der Waals surface area contributed by atoms with Gasteiger partial charge in [-0.15, -0.1) is 0 Å². The van der Waals surface area contributed by atoms with Crippen LogP contribution < -0.4 is 0 Å². The molecule has 3 aromatic heterocycles. The molecule has 0 spiro atoms. The Balaban J connectivity index is 1.09. The molecule has 0 radical (unpaired) electrons. The smallest absolute Gasteiger partial charge is 0.164 e. The van der Waals surface area contributed by atoms with E-state index in [0.29, 0.717) is 17.5 Å². The highest BCUT2D eigenvalue weighted by Crippen LogP contribution is 2.51. The van der Waals surface area contributed by atoms with Crippen LogP contribution in [0, 0.1) is 0 Å². The van der Waals surface area contributed by atoms with Gasteiger partial charge in [-0.05, 0) is 70.3 Å². The van der Waals surface area contributed by atoms with Crippen LogP contribution >= 0.6 is 0 Å². The second kappa shape index (κ2) is 12.7. The van der Waals surface area contributed by atoms with Crippen molar-refractivity contribution in [2.24, 2.45) is 0 Å². The Morgan fingerprint density at radius 2 is 1.02 bits per heavy atom. The van der Waals surface area contributed by atoms with Crippen LogP contribution in [0.1, 0.15) is 25.0 Å². The number of nitrogens with zero attached hydrogens (tertiary/aromatic N) is 4. The number of para-hydroxylation sites is 1. The number of benzene rings is 8. The van der Waals surface area contributed by atoms with Crippen molar-refractivity contribution in [1.29, 1.82) is 0 Å². The average Bonchev–Trinajstić information content (AvgIpc) is 3.91. The van der Waals surface area contributed by atoms with Gasteiger partial charge in [-0.25, -0.2) is 15.0 Å². The van der Waals surface area contributed by atoms with E-state index in [-0.39, 0.29) is 5.41 Å². The molecule has 0 saturated heterocycles. The third-order valence-corrected chi connectivity index (χ3v) is 12.2. The summed E-state index contributed by atoms with van der Waals surface area (Å²) >= 11 is 0. The van der Waals surface area contributed by atoms with Gasteiger partial charge in [0.1, 0.15) is 11.2 Å². The zero-order valence-corrected chi connectivity index (χ0v) is 32.5.